The summed E-state index contributed by atoms with van der Waals surface area (Å²) in [6.45, 7) is 3.07. The van der Waals surface area contributed by atoms with E-state index in [0.29, 0.717) is 6.04 Å². The first kappa shape index (κ1) is 7.80. The zero-order chi connectivity index (χ0) is 8.55. The number of hydrogen-bond acceptors (Lipinski definition) is 2. The third-order valence-corrected chi connectivity index (χ3v) is 2.49. The van der Waals surface area contributed by atoms with Crippen molar-refractivity contribution in [2.75, 3.05) is 0 Å². The minimum Gasteiger partial charge on any atom is -0.327 e. The van der Waals surface area contributed by atoms with Crippen LogP contribution in [-0.2, 0) is 19.4 Å². The molecule has 0 saturated carbocycles. The molecule has 1 atom stereocenters. The van der Waals surface area contributed by atoms with Crippen LogP contribution in [0.15, 0.2) is 6.20 Å². The lowest BCUT2D eigenvalue weighted by molar-refractivity contribution is 0.562. The van der Waals surface area contributed by atoms with Crippen LogP contribution in [0.3, 0.4) is 0 Å². The van der Waals surface area contributed by atoms with Gasteiger partial charge in [0.05, 0.1) is 5.69 Å². The quantitative estimate of drug-likeness (QED) is 0.666. The molecule has 1 unspecified atom stereocenters. The molecule has 0 amide bonds. The highest BCUT2D eigenvalue weighted by atomic mass is 15.3. The molecule has 0 radical (unpaired) electrons. The maximum Gasteiger partial charge on any atom is 0.0671 e. The minimum atomic E-state index is 0.331. The van der Waals surface area contributed by atoms with Crippen molar-refractivity contribution in [3.8, 4) is 0 Å². The number of aryl methyl sites for hydroxylation is 2. The smallest absolute Gasteiger partial charge is 0.0671 e. The molecule has 1 aliphatic rings. The summed E-state index contributed by atoms with van der Waals surface area (Å²) in [5.74, 6) is 0. The van der Waals surface area contributed by atoms with Crippen LogP contribution in [-0.4, -0.2) is 15.8 Å². The average molecular weight is 165 g/mol. The maximum atomic E-state index is 5.85. The van der Waals surface area contributed by atoms with Gasteiger partial charge in [-0.15, -0.1) is 0 Å². The number of fused-ring (bicyclic) bond motifs is 1. The first-order valence-electron chi connectivity index (χ1n) is 4.60. The largest absolute Gasteiger partial charge is 0.327 e. The first-order chi connectivity index (χ1) is 5.79. The summed E-state index contributed by atoms with van der Waals surface area (Å²) in [5.41, 5.74) is 8.47. The Labute approximate surface area is 72.6 Å². The van der Waals surface area contributed by atoms with Crippen LogP contribution in [0.4, 0.5) is 0 Å². The number of rotatable bonds is 1. The van der Waals surface area contributed by atoms with Crippen molar-refractivity contribution >= 4 is 0 Å². The van der Waals surface area contributed by atoms with E-state index in [4.69, 9.17) is 5.73 Å². The SMILES string of the molecule is CCn1cc2c(n1)CC(N)CC2. The normalized spacial score (nSPS) is 22.3. The second kappa shape index (κ2) is 2.90. The van der Waals surface area contributed by atoms with Gasteiger partial charge in [-0.2, -0.15) is 5.10 Å². The summed E-state index contributed by atoms with van der Waals surface area (Å²) >= 11 is 0. The zero-order valence-corrected chi connectivity index (χ0v) is 7.45. The Balaban J connectivity index is 2.28. The van der Waals surface area contributed by atoms with Gasteiger partial charge in [-0.3, -0.25) is 4.68 Å². The van der Waals surface area contributed by atoms with E-state index in [2.05, 4.69) is 18.2 Å². The number of nitrogens with zero attached hydrogens (tertiary/aromatic N) is 2. The molecule has 0 aromatic carbocycles. The predicted octanol–water partition coefficient (Wildman–Crippen LogP) is 0.719. The fraction of sp³-hybridized carbons (Fsp3) is 0.667. The molecule has 0 bridgehead atoms. The topological polar surface area (TPSA) is 43.8 Å². The van der Waals surface area contributed by atoms with E-state index in [0.717, 1.165) is 25.8 Å². The summed E-state index contributed by atoms with van der Waals surface area (Å²) in [7, 11) is 0. The Morgan fingerprint density at radius 2 is 2.58 bits per heavy atom. The first-order valence-corrected chi connectivity index (χ1v) is 4.60. The molecule has 0 aliphatic heterocycles. The standard InChI is InChI=1S/C9H15N3/c1-2-12-6-7-3-4-8(10)5-9(7)11-12/h6,8H,2-5,10H2,1H3. The summed E-state index contributed by atoms with van der Waals surface area (Å²) in [6.07, 6.45) is 5.34. The van der Waals surface area contributed by atoms with Gasteiger partial charge in [0.1, 0.15) is 0 Å². The predicted molar refractivity (Wildman–Crippen MR) is 47.9 cm³/mol. The summed E-state index contributed by atoms with van der Waals surface area (Å²) in [6, 6.07) is 0.331. The van der Waals surface area contributed by atoms with Gasteiger partial charge in [0, 0.05) is 25.2 Å². The van der Waals surface area contributed by atoms with Crippen LogP contribution >= 0.6 is 0 Å². The van der Waals surface area contributed by atoms with Crippen LogP contribution < -0.4 is 5.73 Å². The lowest BCUT2D eigenvalue weighted by atomic mass is 9.95. The molecular weight excluding hydrogens is 150 g/mol. The van der Waals surface area contributed by atoms with Crippen molar-refractivity contribution in [2.45, 2.75) is 38.8 Å². The van der Waals surface area contributed by atoms with Gasteiger partial charge in [0.15, 0.2) is 0 Å². The number of hydrogen-bond donors (Lipinski definition) is 1. The van der Waals surface area contributed by atoms with E-state index in [1.54, 1.807) is 0 Å². The molecule has 12 heavy (non-hydrogen) atoms. The van der Waals surface area contributed by atoms with Gasteiger partial charge < -0.3 is 5.73 Å². The van der Waals surface area contributed by atoms with Crippen molar-refractivity contribution in [1.29, 1.82) is 0 Å². The molecule has 1 heterocycles. The van der Waals surface area contributed by atoms with Crippen LogP contribution in [0.5, 0.6) is 0 Å². The van der Waals surface area contributed by atoms with Gasteiger partial charge in [-0.1, -0.05) is 0 Å². The summed E-state index contributed by atoms with van der Waals surface area (Å²) in [5, 5.41) is 4.46. The van der Waals surface area contributed by atoms with Crippen LogP contribution in [0.25, 0.3) is 0 Å². The van der Waals surface area contributed by atoms with E-state index in [-0.39, 0.29) is 0 Å². The molecular formula is C9H15N3. The van der Waals surface area contributed by atoms with Crippen LogP contribution in [0.2, 0.25) is 0 Å². The number of nitrogens with two attached hydrogens (primary N) is 1. The van der Waals surface area contributed by atoms with E-state index in [9.17, 15) is 0 Å². The third-order valence-electron chi connectivity index (χ3n) is 2.49. The molecule has 2 N–H and O–H groups in total. The van der Waals surface area contributed by atoms with Gasteiger partial charge in [0.2, 0.25) is 0 Å². The van der Waals surface area contributed by atoms with Gasteiger partial charge >= 0.3 is 0 Å². The number of aromatic nitrogens is 2. The van der Waals surface area contributed by atoms with E-state index < -0.39 is 0 Å². The highest BCUT2D eigenvalue weighted by Gasteiger charge is 2.18. The highest BCUT2D eigenvalue weighted by molar-refractivity contribution is 5.21. The molecule has 66 valence electrons. The maximum absolute atomic E-state index is 5.85. The van der Waals surface area contributed by atoms with Crippen LogP contribution in [0.1, 0.15) is 24.6 Å². The lowest BCUT2D eigenvalue weighted by Crippen LogP contribution is -2.27. The Kier molecular flexibility index (Phi) is 1.89. The lowest BCUT2D eigenvalue weighted by Gasteiger charge is -2.15. The second-order valence-corrected chi connectivity index (χ2v) is 3.46. The fourth-order valence-corrected chi connectivity index (χ4v) is 1.74. The minimum absolute atomic E-state index is 0.331. The Hall–Kier alpha value is -0.830. The Morgan fingerprint density at radius 3 is 3.33 bits per heavy atom. The summed E-state index contributed by atoms with van der Waals surface area (Å²) < 4.78 is 2.00. The van der Waals surface area contributed by atoms with E-state index >= 15 is 0 Å². The van der Waals surface area contributed by atoms with Crippen molar-refractivity contribution in [3.63, 3.8) is 0 Å². The highest BCUT2D eigenvalue weighted by Crippen LogP contribution is 2.18. The Bertz CT molecular complexity index is 277. The van der Waals surface area contributed by atoms with Crippen molar-refractivity contribution in [1.82, 2.24) is 9.78 Å². The molecule has 1 aromatic heterocycles. The molecule has 3 heteroatoms. The van der Waals surface area contributed by atoms with Crippen LogP contribution in [0, 0.1) is 0 Å². The molecule has 2 rings (SSSR count). The molecule has 1 aromatic rings. The molecule has 3 nitrogen and oxygen atoms in total. The van der Waals surface area contributed by atoms with Gasteiger partial charge in [-0.05, 0) is 25.3 Å². The van der Waals surface area contributed by atoms with Crippen molar-refractivity contribution in [2.24, 2.45) is 5.73 Å². The second-order valence-electron chi connectivity index (χ2n) is 3.46. The average Bonchev–Trinajstić information content (AvgIpc) is 2.46. The van der Waals surface area contributed by atoms with Gasteiger partial charge in [0.25, 0.3) is 0 Å². The van der Waals surface area contributed by atoms with E-state index in [1.165, 1.54) is 11.3 Å². The molecule has 1 aliphatic carbocycles. The molecule has 0 spiro atoms. The van der Waals surface area contributed by atoms with E-state index in [1.807, 2.05) is 4.68 Å². The molecule has 0 fully saturated rings. The van der Waals surface area contributed by atoms with Crippen molar-refractivity contribution in [3.05, 3.63) is 17.5 Å². The molecule has 0 saturated heterocycles. The monoisotopic (exact) mass is 165 g/mol. The summed E-state index contributed by atoms with van der Waals surface area (Å²) in [4.78, 5) is 0. The Morgan fingerprint density at radius 1 is 1.75 bits per heavy atom. The van der Waals surface area contributed by atoms with Gasteiger partial charge in [-0.25, -0.2) is 0 Å². The zero-order valence-electron chi connectivity index (χ0n) is 7.45. The third kappa shape index (κ3) is 1.25. The fourth-order valence-electron chi connectivity index (χ4n) is 1.74. The van der Waals surface area contributed by atoms with Crippen molar-refractivity contribution < 1.29 is 0 Å².